The summed E-state index contributed by atoms with van der Waals surface area (Å²) in [6.45, 7) is 0. The molecule has 0 unspecified atom stereocenters. The van der Waals surface area contributed by atoms with Gasteiger partial charge in [0.1, 0.15) is 12.0 Å². The van der Waals surface area contributed by atoms with Gasteiger partial charge in [-0.2, -0.15) is 0 Å². The van der Waals surface area contributed by atoms with Crippen LogP contribution in [0.2, 0.25) is 0 Å². The highest BCUT2D eigenvalue weighted by Crippen LogP contribution is 1.99. The molecule has 0 bridgehead atoms. The Hall–Kier alpha value is -2.11. The van der Waals surface area contributed by atoms with Crippen LogP contribution in [0.25, 0.3) is 0 Å². The fraction of sp³-hybridized carbons (Fsp3) is 0. The standard InChI is InChI=1S/C7H7NO5/c8-5(7(12)13)4(6(10)11)2-1-3-9/h1-3H,8H2,(H,10,11)(H,12,13)/p-1/b2-1+,5-4-. The van der Waals surface area contributed by atoms with Gasteiger partial charge in [-0.15, -0.1) is 0 Å². The van der Waals surface area contributed by atoms with E-state index in [0.29, 0.717) is 0 Å². The molecule has 0 heterocycles. The lowest BCUT2D eigenvalue weighted by Crippen LogP contribution is -2.28. The quantitative estimate of drug-likeness (QED) is 0.290. The Morgan fingerprint density at radius 2 is 1.92 bits per heavy atom. The van der Waals surface area contributed by atoms with Crippen LogP contribution in [0.3, 0.4) is 0 Å². The Kier molecular flexibility index (Phi) is 3.94. The normalized spacial score (nSPS) is 12.3. The second kappa shape index (κ2) is 4.70. The number of aliphatic carboxylic acids is 2. The number of carboxylic acids is 2. The van der Waals surface area contributed by atoms with Crippen LogP contribution in [-0.2, 0) is 14.4 Å². The van der Waals surface area contributed by atoms with E-state index in [4.69, 9.17) is 10.8 Å². The second-order valence-electron chi connectivity index (χ2n) is 1.92. The first-order valence-corrected chi connectivity index (χ1v) is 3.07. The zero-order valence-electron chi connectivity index (χ0n) is 6.39. The number of hydrogen-bond donors (Lipinski definition) is 2. The van der Waals surface area contributed by atoms with Gasteiger partial charge < -0.3 is 20.7 Å². The molecule has 0 aromatic heterocycles. The molecule has 6 nitrogen and oxygen atoms in total. The van der Waals surface area contributed by atoms with Crippen molar-refractivity contribution in [1.82, 2.24) is 0 Å². The SMILES string of the molecule is N/C(C(=O)O)=C(/C=C/C=O)C(=O)[O-]. The summed E-state index contributed by atoms with van der Waals surface area (Å²) in [5, 5.41) is 18.6. The highest BCUT2D eigenvalue weighted by Gasteiger charge is 2.08. The van der Waals surface area contributed by atoms with Gasteiger partial charge in [0.05, 0.1) is 5.97 Å². The summed E-state index contributed by atoms with van der Waals surface area (Å²) in [5.74, 6) is -3.34. The van der Waals surface area contributed by atoms with Crippen molar-refractivity contribution in [3.05, 3.63) is 23.4 Å². The second-order valence-corrected chi connectivity index (χ2v) is 1.92. The Morgan fingerprint density at radius 3 is 2.23 bits per heavy atom. The van der Waals surface area contributed by atoms with Crippen molar-refractivity contribution in [1.29, 1.82) is 0 Å². The highest BCUT2D eigenvalue weighted by atomic mass is 16.4. The first-order valence-electron chi connectivity index (χ1n) is 3.07. The molecule has 0 aliphatic carbocycles. The Balaban J connectivity index is 5.11. The maximum absolute atomic E-state index is 10.3. The van der Waals surface area contributed by atoms with E-state index in [1.807, 2.05) is 0 Å². The number of rotatable bonds is 4. The fourth-order valence-corrected chi connectivity index (χ4v) is 0.518. The Labute approximate surface area is 73.0 Å². The third-order valence-electron chi connectivity index (χ3n) is 1.08. The summed E-state index contributed by atoms with van der Waals surface area (Å²) < 4.78 is 0. The monoisotopic (exact) mass is 184 g/mol. The first kappa shape index (κ1) is 10.9. The molecule has 0 amide bonds. The molecular weight excluding hydrogens is 178 g/mol. The Bertz CT molecular complexity index is 302. The number of hydrogen-bond acceptors (Lipinski definition) is 5. The van der Waals surface area contributed by atoms with Gasteiger partial charge in [0, 0.05) is 5.57 Å². The molecule has 0 saturated carbocycles. The minimum atomic E-state index is -1.75. The number of carboxylic acid groups (broad SMARTS) is 2. The molecule has 0 saturated heterocycles. The van der Waals surface area contributed by atoms with Crippen molar-refractivity contribution in [2.24, 2.45) is 5.73 Å². The highest BCUT2D eigenvalue weighted by molar-refractivity contribution is 5.99. The molecule has 13 heavy (non-hydrogen) atoms. The van der Waals surface area contributed by atoms with Crippen LogP contribution in [0.5, 0.6) is 0 Å². The lowest BCUT2D eigenvalue weighted by atomic mass is 10.2. The van der Waals surface area contributed by atoms with E-state index in [2.05, 4.69) is 0 Å². The molecule has 6 heteroatoms. The number of nitrogens with two attached hydrogens (primary N) is 1. The molecule has 70 valence electrons. The number of carbonyl (C=O) groups is 3. The average Bonchev–Trinajstić information content (AvgIpc) is 2.04. The fourth-order valence-electron chi connectivity index (χ4n) is 0.518. The van der Waals surface area contributed by atoms with Gasteiger partial charge in [0.2, 0.25) is 0 Å². The molecule has 3 N–H and O–H groups in total. The molecule has 0 aromatic carbocycles. The summed E-state index contributed by atoms with van der Waals surface area (Å²) >= 11 is 0. The van der Waals surface area contributed by atoms with E-state index in [9.17, 15) is 19.5 Å². The van der Waals surface area contributed by atoms with Crippen LogP contribution in [0.4, 0.5) is 0 Å². The van der Waals surface area contributed by atoms with Crippen LogP contribution in [-0.4, -0.2) is 23.3 Å². The van der Waals surface area contributed by atoms with Gasteiger partial charge in [-0.1, -0.05) is 0 Å². The van der Waals surface area contributed by atoms with Crippen molar-refractivity contribution in [2.75, 3.05) is 0 Å². The Morgan fingerprint density at radius 1 is 1.38 bits per heavy atom. The number of allylic oxidation sites excluding steroid dienone is 1. The van der Waals surface area contributed by atoms with Gasteiger partial charge >= 0.3 is 5.97 Å². The predicted octanol–water partition coefficient (Wildman–Crippen LogP) is -2.21. The number of carbonyl (C=O) groups excluding carboxylic acids is 2. The van der Waals surface area contributed by atoms with Gasteiger partial charge in [0.15, 0.2) is 0 Å². The third kappa shape index (κ3) is 3.19. The summed E-state index contributed by atoms with van der Waals surface area (Å²) in [6, 6.07) is 0. The maximum atomic E-state index is 10.3. The van der Waals surface area contributed by atoms with E-state index in [1.165, 1.54) is 0 Å². The third-order valence-corrected chi connectivity index (χ3v) is 1.08. The van der Waals surface area contributed by atoms with Crippen LogP contribution in [0.15, 0.2) is 23.4 Å². The van der Waals surface area contributed by atoms with E-state index in [0.717, 1.165) is 12.2 Å². The van der Waals surface area contributed by atoms with E-state index < -0.39 is 23.2 Å². The van der Waals surface area contributed by atoms with Crippen LogP contribution < -0.4 is 10.8 Å². The lowest BCUT2D eigenvalue weighted by molar-refractivity contribution is -0.298. The zero-order valence-corrected chi connectivity index (χ0v) is 6.39. The number of aldehydes is 1. The minimum absolute atomic E-state index is 0.290. The zero-order chi connectivity index (χ0) is 10.4. The molecule has 0 aliphatic heterocycles. The van der Waals surface area contributed by atoms with Crippen molar-refractivity contribution in [3.8, 4) is 0 Å². The van der Waals surface area contributed by atoms with E-state index in [1.54, 1.807) is 0 Å². The molecule has 0 aliphatic rings. The lowest BCUT2D eigenvalue weighted by Gasteiger charge is -2.04. The minimum Gasteiger partial charge on any atom is -0.545 e. The smallest absolute Gasteiger partial charge is 0.352 e. The van der Waals surface area contributed by atoms with Crippen LogP contribution in [0.1, 0.15) is 0 Å². The molecule has 0 radical (unpaired) electrons. The summed E-state index contributed by atoms with van der Waals surface area (Å²) in [5.41, 5.74) is 3.28. The van der Waals surface area contributed by atoms with Gasteiger partial charge in [-0.3, -0.25) is 4.79 Å². The molecule has 0 fully saturated rings. The first-order chi connectivity index (χ1) is 6.00. The summed E-state index contributed by atoms with van der Waals surface area (Å²) in [7, 11) is 0. The summed E-state index contributed by atoms with van der Waals surface area (Å²) in [4.78, 5) is 30.3. The van der Waals surface area contributed by atoms with Gasteiger partial charge in [-0.25, -0.2) is 4.79 Å². The molecule has 0 spiro atoms. The van der Waals surface area contributed by atoms with Gasteiger partial charge in [0.25, 0.3) is 0 Å². The van der Waals surface area contributed by atoms with Gasteiger partial charge in [-0.05, 0) is 12.2 Å². The maximum Gasteiger partial charge on any atom is 0.352 e. The summed E-state index contributed by atoms with van der Waals surface area (Å²) in [6.07, 6.45) is 1.85. The van der Waals surface area contributed by atoms with Crippen molar-refractivity contribution in [3.63, 3.8) is 0 Å². The molecule has 0 aromatic rings. The molecule has 0 rings (SSSR count). The van der Waals surface area contributed by atoms with Crippen LogP contribution >= 0.6 is 0 Å². The van der Waals surface area contributed by atoms with Crippen LogP contribution in [0, 0.1) is 0 Å². The largest absolute Gasteiger partial charge is 0.545 e. The molecular formula is C7H6NO5-. The van der Waals surface area contributed by atoms with Crippen molar-refractivity contribution in [2.45, 2.75) is 0 Å². The van der Waals surface area contributed by atoms with E-state index >= 15 is 0 Å². The average molecular weight is 184 g/mol. The van der Waals surface area contributed by atoms with Crippen molar-refractivity contribution >= 4 is 18.2 Å². The predicted molar refractivity (Wildman–Crippen MR) is 39.1 cm³/mol. The molecule has 0 atom stereocenters. The van der Waals surface area contributed by atoms with Crippen molar-refractivity contribution < 1.29 is 24.6 Å². The topological polar surface area (TPSA) is 121 Å². The van der Waals surface area contributed by atoms with E-state index in [-0.39, 0.29) is 6.29 Å².